The van der Waals surface area contributed by atoms with Crippen molar-refractivity contribution in [3.63, 3.8) is 0 Å². The van der Waals surface area contributed by atoms with Crippen molar-refractivity contribution < 1.29 is 19.1 Å². The van der Waals surface area contributed by atoms with Crippen LogP contribution in [0.5, 0.6) is 11.5 Å². The highest BCUT2D eigenvalue weighted by molar-refractivity contribution is 5.83. The topological polar surface area (TPSA) is 76.7 Å². The fourth-order valence-electron chi connectivity index (χ4n) is 2.26. The van der Waals surface area contributed by atoms with Crippen LogP contribution >= 0.6 is 0 Å². The Balaban J connectivity index is 1.73. The van der Waals surface area contributed by atoms with E-state index >= 15 is 0 Å². The minimum absolute atomic E-state index is 0.187. The van der Waals surface area contributed by atoms with E-state index < -0.39 is 11.8 Å². The first-order valence-corrected chi connectivity index (χ1v) is 8.57. The van der Waals surface area contributed by atoms with Crippen molar-refractivity contribution in [2.45, 2.75) is 26.2 Å². The van der Waals surface area contributed by atoms with Crippen LogP contribution in [0.1, 0.15) is 31.7 Å². The number of hydrogen-bond donors (Lipinski definition) is 2. The van der Waals surface area contributed by atoms with E-state index in [1.54, 1.807) is 12.1 Å². The largest absolute Gasteiger partial charge is 0.484 e. The summed E-state index contributed by atoms with van der Waals surface area (Å²) in [6.45, 7) is 3.83. The van der Waals surface area contributed by atoms with E-state index in [2.05, 4.69) is 24.7 Å². The monoisotopic (exact) mass is 356 g/mol. The minimum Gasteiger partial charge on any atom is -0.484 e. The summed E-state index contributed by atoms with van der Waals surface area (Å²) >= 11 is 0. The smallest absolute Gasteiger partial charge is 0.276 e. The van der Waals surface area contributed by atoms with E-state index in [0.29, 0.717) is 17.4 Å². The van der Waals surface area contributed by atoms with E-state index in [0.717, 1.165) is 12.0 Å². The van der Waals surface area contributed by atoms with Gasteiger partial charge >= 0.3 is 0 Å². The summed E-state index contributed by atoms with van der Waals surface area (Å²) in [7, 11) is 0. The molecule has 0 aromatic heterocycles. The minimum atomic E-state index is -0.456. The zero-order valence-corrected chi connectivity index (χ0v) is 15.0. The molecule has 0 aliphatic rings. The Bertz CT molecular complexity index is 719. The molecular weight excluding hydrogens is 332 g/mol. The van der Waals surface area contributed by atoms with Crippen LogP contribution in [0.4, 0.5) is 0 Å². The number of hydrazine groups is 1. The molecule has 0 heterocycles. The molecule has 0 spiro atoms. The lowest BCUT2D eigenvalue weighted by molar-refractivity contribution is -0.131. The van der Waals surface area contributed by atoms with E-state index in [1.165, 1.54) is 0 Å². The summed E-state index contributed by atoms with van der Waals surface area (Å²) in [5.41, 5.74) is 5.66. The molecule has 0 aliphatic heterocycles. The Labute approximate surface area is 153 Å². The quantitative estimate of drug-likeness (QED) is 0.713. The van der Waals surface area contributed by atoms with Crippen LogP contribution in [0, 0.1) is 0 Å². The zero-order valence-electron chi connectivity index (χ0n) is 15.0. The molecule has 0 saturated heterocycles. The Hall–Kier alpha value is -3.02. The van der Waals surface area contributed by atoms with Crippen LogP contribution < -0.4 is 20.3 Å². The fraction of sp³-hybridized carbons (Fsp3) is 0.300. The lowest BCUT2D eigenvalue weighted by atomic mass is 9.98. The van der Waals surface area contributed by atoms with Gasteiger partial charge in [-0.2, -0.15) is 0 Å². The first-order chi connectivity index (χ1) is 12.6. The van der Waals surface area contributed by atoms with Gasteiger partial charge in [0, 0.05) is 0 Å². The van der Waals surface area contributed by atoms with Crippen LogP contribution in [0.15, 0.2) is 54.6 Å². The van der Waals surface area contributed by atoms with Gasteiger partial charge in [-0.1, -0.05) is 50.2 Å². The van der Waals surface area contributed by atoms with Crippen molar-refractivity contribution in [1.29, 1.82) is 0 Å². The van der Waals surface area contributed by atoms with Gasteiger partial charge in [-0.05, 0) is 36.1 Å². The second kappa shape index (κ2) is 10.1. The number of rotatable bonds is 8. The molecule has 2 aromatic carbocycles. The van der Waals surface area contributed by atoms with Gasteiger partial charge in [-0.15, -0.1) is 0 Å². The summed E-state index contributed by atoms with van der Waals surface area (Å²) in [4.78, 5) is 23.5. The molecule has 26 heavy (non-hydrogen) atoms. The maximum atomic E-state index is 11.9. The summed E-state index contributed by atoms with van der Waals surface area (Å²) in [5, 5.41) is 0. The third kappa shape index (κ3) is 6.12. The Morgan fingerprint density at radius 3 is 2.12 bits per heavy atom. The number of para-hydroxylation sites is 2. The molecule has 2 amide bonds. The highest BCUT2D eigenvalue weighted by atomic mass is 16.5. The molecule has 2 rings (SSSR count). The molecule has 0 bridgehead atoms. The molecule has 0 saturated carbocycles. The average molecular weight is 356 g/mol. The Morgan fingerprint density at radius 1 is 0.885 bits per heavy atom. The van der Waals surface area contributed by atoms with Gasteiger partial charge in [0.25, 0.3) is 11.8 Å². The number of nitrogens with one attached hydrogen (secondary N) is 2. The number of carbonyl (C=O) groups excluding carboxylic acids is 2. The molecule has 2 N–H and O–H groups in total. The third-order valence-electron chi connectivity index (χ3n) is 3.88. The predicted octanol–water partition coefficient (Wildman–Crippen LogP) is 2.81. The molecule has 1 atom stereocenters. The summed E-state index contributed by atoms with van der Waals surface area (Å²) in [6.07, 6.45) is 0.976. The zero-order chi connectivity index (χ0) is 18.8. The predicted molar refractivity (Wildman–Crippen MR) is 98.9 cm³/mol. The van der Waals surface area contributed by atoms with Gasteiger partial charge in [0.05, 0.1) is 0 Å². The van der Waals surface area contributed by atoms with Crippen molar-refractivity contribution in [3.05, 3.63) is 60.2 Å². The molecule has 1 unspecified atom stereocenters. The highest BCUT2D eigenvalue weighted by Gasteiger charge is 2.11. The van der Waals surface area contributed by atoms with Crippen LogP contribution in [0.2, 0.25) is 0 Å². The van der Waals surface area contributed by atoms with Crippen LogP contribution in [-0.4, -0.2) is 25.0 Å². The lowest BCUT2D eigenvalue weighted by Crippen LogP contribution is -2.45. The molecule has 0 fully saturated rings. The van der Waals surface area contributed by atoms with E-state index in [9.17, 15) is 9.59 Å². The second-order valence-corrected chi connectivity index (χ2v) is 5.83. The summed E-state index contributed by atoms with van der Waals surface area (Å²) in [5.74, 6) is 0.693. The standard InChI is InChI=1S/C20H24N2O4/c1-3-15(2)17-11-7-8-12-18(17)26-14-20(24)22-21-19(23)13-25-16-9-5-4-6-10-16/h4-12,15H,3,13-14H2,1-2H3,(H,21,23)(H,22,24). The molecule has 0 radical (unpaired) electrons. The van der Waals surface area contributed by atoms with Gasteiger partial charge in [0.15, 0.2) is 13.2 Å². The maximum Gasteiger partial charge on any atom is 0.276 e. The van der Waals surface area contributed by atoms with Gasteiger partial charge in [0.2, 0.25) is 0 Å². The third-order valence-corrected chi connectivity index (χ3v) is 3.88. The van der Waals surface area contributed by atoms with Gasteiger partial charge in [-0.3, -0.25) is 20.4 Å². The van der Waals surface area contributed by atoms with Crippen molar-refractivity contribution >= 4 is 11.8 Å². The second-order valence-electron chi connectivity index (χ2n) is 5.83. The molecule has 2 aromatic rings. The number of amides is 2. The SMILES string of the molecule is CCC(C)c1ccccc1OCC(=O)NNC(=O)COc1ccccc1. The van der Waals surface area contributed by atoms with Gasteiger partial charge < -0.3 is 9.47 Å². The summed E-state index contributed by atoms with van der Waals surface area (Å²) < 4.78 is 10.9. The average Bonchev–Trinajstić information content (AvgIpc) is 2.69. The first kappa shape index (κ1) is 19.3. The van der Waals surface area contributed by atoms with Crippen LogP contribution in [-0.2, 0) is 9.59 Å². The number of benzene rings is 2. The molecule has 6 nitrogen and oxygen atoms in total. The van der Waals surface area contributed by atoms with Crippen molar-refractivity contribution in [1.82, 2.24) is 10.9 Å². The Kier molecular flexibility index (Phi) is 7.49. The Morgan fingerprint density at radius 2 is 1.46 bits per heavy atom. The molecule has 138 valence electrons. The van der Waals surface area contributed by atoms with Crippen LogP contribution in [0.25, 0.3) is 0 Å². The first-order valence-electron chi connectivity index (χ1n) is 8.57. The molecule has 0 aliphatic carbocycles. The number of hydrogen-bond acceptors (Lipinski definition) is 4. The van der Waals surface area contributed by atoms with E-state index in [1.807, 2.05) is 42.5 Å². The summed E-state index contributed by atoms with van der Waals surface area (Å²) in [6, 6.07) is 16.6. The molecule has 6 heteroatoms. The fourth-order valence-corrected chi connectivity index (χ4v) is 2.26. The van der Waals surface area contributed by atoms with E-state index in [4.69, 9.17) is 9.47 Å². The molecular formula is C20H24N2O4. The number of carbonyl (C=O) groups is 2. The number of ether oxygens (including phenoxy) is 2. The van der Waals surface area contributed by atoms with Crippen molar-refractivity contribution in [2.75, 3.05) is 13.2 Å². The highest BCUT2D eigenvalue weighted by Crippen LogP contribution is 2.28. The van der Waals surface area contributed by atoms with Crippen LogP contribution in [0.3, 0.4) is 0 Å². The van der Waals surface area contributed by atoms with E-state index in [-0.39, 0.29) is 13.2 Å². The normalized spacial score (nSPS) is 11.3. The van der Waals surface area contributed by atoms with Gasteiger partial charge in [-0.25, -0.2) is 0 Å². The van der Waals surface area contributed by atoms with Crippen molar-refractivity contribution in [3.8, 4) is 11.5 Å². The maximum absolute atomic E-state index is 11.9. The van der Waals surface area contributed by atoms with Gasteiger partial charge in [0.1, 0.15) is 11.5 Å². The van der Waals surface area contributed by atoms with Crippen molar-refractivity contribution in [2.24, 2.45) is 0 Å². The lowest BCUT2D eigenvalue weighted by Gasteiger charge is -2.15.